The molecule has 6 heteroatoms. The number of thioether (sulfide) groups is 1. The van der Waals surface area contributed by atoms with E-state index in [1.54, 1.807) is 0 Å². The molecule has 0 spiro atoms. The lowest BCUT2D eigenvalue weighted by molar-refractivity contribution is 0.191. The van der Waals surface area contributed by atoms with Gasteiger partial charge in [-0.15, -0.1) is 24.0 Å². The van der Waals surface area contributed by atoms with E-state index in [9.17, 15) is 0 Å². The number of nitrogens with one attached hydrogen (secondary N) is 1. The van der Waals surface area contributed by atoms with Crippen LogP contribution in [0.2, 0.25) is 0 Å². The van der Waals surface area contributed by atoms with Crippen molar-refractivity contribution in [1.82, 2.24) is 15.1 Å². The van der Waals surface area contributed by atoms with Gasteiger partial charge >= 0.3 is 0 Å². The minimum Gasteiger partial charge on any atom is -0.356 e. The maximum atomic E-state index is 4.48. The van der Waals surface area contributed by atoms with E-state index in [4.69, 9.17) is 0 Å². The molecular formula is C17H35IN4S. The fraction of sp³-hybridized carbons (Fsp3) is 0.941. The van der Waals surface area contributed by atoms with Crippen LogP contribution in [-0.2, 0) is 0 Å². The Balaban J connectivity index is 0.00000264. The SMILES string of the molecule is CN=C(NCCCN1CCC(C)CC1)N1CCSC(C)(C)C1.I. The second kappa shape index (κ2) is 10.3. The largest absolute Gasteiger partial charge is 0.356 e. The third-order valence-electron chi connectivity index (χ3n) is 4.75. The highest BCUT2D eigenvalue weighted by Gasteiger charge is 2.28. The summed E-state index contributed by atoms with van der Waals surface area (Å²) in [6.07, 6.45) is 3.95. The molecule has 0 bridgehead atoms. The standard InChI is InChI=1S/C17H34N4S.HI/c1-15-6-10-20(11-7-15)9-5-8-19-16(18-4)21-12-13-22-17(2,3)14-21;/h15H,5-14H2,1-4H3,(H,18,19);1H. The molecule has 2 aliphatic rings. The average molecular weight is 454 g/mol. The Kier molecular flexibility index (Phi) is 9.59. The molecule has 0 saturated carbocycles. The highest BCUT2D eigenvalue weighted by atomic mass is 127. The van der Waals surface area contributed by atoms with Crippen molar-refractivity contribution in [3.05, 3.63) is 0 Å². The monoisotopic (exact) mass is 454 g/mol. The number of likely N-dealkylation sites (tertiary alicyclic amines) is 1. The Labute approximate surface area is 164 Å². The van der Waals surface area contributed by atoms with Crippen molar-refractivity contribution in [3.8, 4) is 0 Å². The first-order valence-electron chi connectivity index (χ1n) is 8.82. The lowest BCUT2D eigenvalue weighted by Crippen LogP contribution is -2.51. The normalized spacial score (nSPS) is 23.5. The van der Waals surface area contributed by atoms with Gasteiger partial charge in [0.2, 0.25) is 0 Å². The summed E-state index contributed by atoms with van der Waals surface area (Å²) in [4.78, 5) is 9.51. The minimum atomic E-state index is 0. The predicted molar refractivity (Wildman–Crippen MR) is 114 cm³/mol. The van der Waals surface area contributed by atoms with E-state index in [1.807, 2.05) is 7.05 Å². The molecule has 0 unspecified atom stereocenters. The number of halogens is 1. The topological polar surface area (TPSA) is 30.9 Å². The predicted octanol–water partition coefficient (Wildman–Crippen LogP) is 3.13. The smallest absolute Gasteiger partial charge is 0.193 e. The third-order valence-corrected chi connectivity index (χ3v) is 6.04. The van der Waals surface area contributed by atoms with E-state index in [-0.39, 0.29) is 24.0 Å². The molecule has 2 rings (SSSR count). The maximum absolute atomic E-state index is 4.48. The summed E-state index contributed by atoms with van der Waals surface area (Å²) in [6.45, 7) is 14.0. The van der Waals surface area contributed by atoms with Crippen LogP contribution in [0.4, 0.5) is 0 Å². The molecule has 136 valence electrons. The number of aliphatic imine (C=N–C) groups is 1. The quantitative estimate of drug-likeness (QED) is 0.306. The zero-order valence-electron chi connectivity index (χ0n) is 15.3. The summed E-state index contributed by atoms with van der Waals surface area (Å²) in [6, 6.07) is 0. The van der Waals surface area contributed by atoms with E-state index in [0.717, 1.165) is 31.5 Å². The molecule has 2 aliphatic heterocycles. The van der Waals surface area contributed by atoms with Crippen LogP contribution in [0.15, 0.2) is 4.99 Å². The van der Waals surface area contributed by atoms with E-state index in [2.05, 4.69) is 52.6 Å². The number of guanidine groups is 1. The van der Waals surface area contributed by atoms with Gasteiger partial charge in [-0.25, -0.2) is 0 Å². The highest BCUT2D eigenvalue weighted by molar-refractivity contribution is 14.0. The van der Waals surface area contributed by atoms with Crippen molar-refractivity contribution in [1.29, 1.82) is 0 Å². The van der Waals surface area contributed by atoms with Gasteiger partial charge in [-0.2, -0.15) is 11.8 Å². The third kappa shape index (κ3) is 7.38. The second-order valence-electron chi connectivity index (χ2n) is 7.38. The molecule has 4 nitrogen and oxygen atoms in total. The van der Waals surface area contributed by atoms with Crippen molar-refractivity contribution < 1.29 is 0 Å². The fourth-order valence-electron chi connectivity index (χ4n) is 3.32. The lowest BCUT2D eigenvalue weighted by Gasteiger charge is -2.39. The van der Waals surface area contributed by atoms with Gasteiger partial charge in [-0.1, -0.05) is 6.92 Å². The Morgan fingerprint density at radius 1 is 1.26 bits per heavy atom. The van der Waals surface area contributed by atoms with Crippen molar-refractivity contribution >= 4 is 41.7 Å². The van der Waals surface area contributed by atoms with Gasteiger partial charge in [0.05, 0.1) is 0 Å². The Bertz CT molecular complexity index is 368. The molecule has 23 heavy (non-hydrogen) atoms. The lowest BCUT2D eigenvalue weighted by atomic mass is 9.99. The first-order chi connectivity index (χ1) is 10.5. The molecule has 0 amide bonds. The van der Waals surface area contributed by atoms with Crippen LogP contribution in [0, 0.1) is 5.92 Å². The zero-order chi connectivity index (χ0) is 16.0. The summed E-state index contributed by atoms with van der Waals surface area (Å²) in [5.41, 5.74) is 0. The van der Waals surface area contributed by atoms with Crippen LogP contribution in [0.3, 0.4) is 0 Å². The maximum Gasteiger partial charge on any atom is 0.193 e. The molecule has 0 aliphatic carbocycles. The van der Waals surface area contributed by atoms with E-state index >= 15 is 0 Å². The first-order valence-corrected chi connectivity index (χ1v) is 9.80. The fourth-order valence-corrected chi connectivity index (χ4v) is 4.43. The molecule has 0 aromatic heterocycles. The molecule has 2 heterocycles. The van der Waals surface area contributed by atoms with Crippen LogP contribution in [0.25, 0.3) is 0 Å². The van der Waals surface area contributed by atoms with Crippen molar-refractivity contribution in [3.63, 3.8) is 0 Å². The van der Waals surface area contributed by atoms with Crippen LogP contribution in [-0.4, -0.2) is 72.6 Å². The molecule has 0 atom stereocenters. The van der Waals surface area contributed by atoms with Gasteiger partial charge in [0.25, 0.3) is 0 Å². The van der Waals surface area contributed by atoms with E-state index in [0.29, 0.717) is 4.75 Å². The highest BCUT2D eigenvalue weighted by Crippen LogP contribution is 2.29. The summed E-state index contributed by atoms with van der Waals surface area (Å²) >= 11 is 2.07. The van der Waals surface area contributed by atoms with Gasteiger partial charge in [-0.3, -0.25) is 4.99 Å². The van der Waals surface area contributed by atoms with Gasteiger partial charge in [0.1, 0.15) is 0 Å². The molecule has 1 N–H and O–H groups in total. The minimum absolute atomic E-state index is 0. The second-order valence-corrected chi connectivity index (χ2v) is 9.18. The van der Waals surface area contributed by atoms with E-state index < -0.39 is 0 Å². The number of hydrogen-bond acceptors (Lipinski definition) is 3. The molecule has 0 aromatic carbocycles. The summed E-state index contributed by atoms with van der Waals surface area (Å²) in [5.74, 6) is 3.20. The molecule has 0 aromatic rings. The zero-order valence-corrected chi connectivity index (χ0v) is 18.5. The molecular weight excluding hydrogens is 419 g/mol. The van der Waals surface area contributed by atoms with Gasteiger partial charge in [0.15, 0.2) is 5.96 Å². The number of piperidine rings is 1. The summed E-state index contributed by atoms with van der Waals surface area (Å²) in [7, 11) is 1.91. The molecule has 2 fully saturated rings. The Morgan fingerprint density at radius 3 is 2.57 bits per heavy atom. The number of nitrogens with zero attached hydrogens (tertiary/aromatic N) is 3. The van der Waals surface area contributed by atoms with Gasteiger partial charge in [-0.05, 0) is 58.7 Å². The van der Waals surface area contributed by atoms with E-state index in [1.165, 1.54) is 44.6 Å². The van der Waals surface area contributed by atoms with Crippen LogP contribution in [0.5, 0.6) is 0 Å². The number of hydrogen-bond donors (Lipinski definition) is 1. The Hall–Kier alpha value is 0.310. The van der Waals surface area contributed by atoms with Crippen molar-refractivity contribution in [2.24, 2.45) is 10.9 Å². The van der Waals surface area contributed by atoms with Crippen LogP contribution < -0.4 is 5.32 Å². The summed E-state index contributed by atoms with van der Waals surface area (Å²) in [5, 5.41) is 3.57. The first kappa shape index (κ1) is 21.4. The van der Waals surface area contributed by atoms with Crippen molar-refractivity contribution in [2.75, 3.05) is 52.1 Å². The van der Waals surface area contributed by atoms with Crippen LogP contribution in [0.1, 0.15) is 40.0 Å². The van der Waals surface area contributed by atoms with Gasteiger partial charge in [0, 0.05) is 37.2 Å². The summed E-state index contributed by atoms with van der Waals surface area (Å²) < 4.78 is 0.334. The average Bonchev–Trinajstić information content (AvgIpc) is 2.48. The van der Waals surface area contributed by atoms with Crippen LogP contribution >= 0.6 is 35.7 Å². The number of rotatable bonds is 4. The van der Waals surface area contributed by atoms with Gasteiger partial charge < -0.3 is 15.1 Å². The molecule has 0 radical (unpaired) electrons. The Morgan fingerprint density at radius 2 is 1.96 bits per heavy atom. The van der Waals surface area contributed by atoms with Crippen molar-refractivity contribution in [2.45, 2.75) is 44.8 Å². The molecule has 2 saturated heterocycles.